The third kappa shape index (κ3) is 6.87. The molecule has 48 heavy (non-hydrogen) atoms. The van der Waals surface area contributed by atoms with Crippen LogP contribution in [0.4, 0.5) is 17.2 Å². The number of fused-ring (bicyclic) bond motifs is 1. The van der Waals surface area contributed by atoms with Gasteiger partial charge >= 0.3 is 0 Å². The number of anilines is 3. The van der Waals surface area contributed by atoms with Crippen LogP contribution in [0.2, 0.25) is 0 Å². The van der Waals surface area contributed by atoms with Gasteiger partial charge in [-0.2, -0.15) is 5.10 Å². The molecule has 0 bridgehead atoms. The van der Waals surface area contributed by atoms with Gasteiger partial charge in [-0.25, -0.2) is 9.99 Å². The minimum atomic E-state index is 0.0121. The summed E-state index contributed by atoms with van der Waals surface area (Å²) < 4.78 is 0. The summed E-state index contributed by atoms with van der Waals surface area (Å²) in [5.41, 5.74) is 10.8. The van der Waals surface area contributed by atoms with E-state index in [1.165, 1.54) is 44.6 Å². The largest absolute Gasteiger partial charge is 0.372 e. The fraction of sp³-hybridized carbons (Fsp3) is 0.302. The average Bonchev–Trinajstić information content (AvgIpc) is 3.45. The van der Waals surface area contributed by atoms with Crippen LogP contribution in [0.3, 0.4) is 0 Å². The second kappa shape index (κ2) is 14.9. The summed E-state index contributed by atoms with van der Waals surface area (Å²) in [7, 11) is 0. The molecule has 2 heterocycles. The number of para-hydroxylation sites is 1. The summed E-state index contributed by atoms with van der Waals surface area (Å²) in [6, 6.07) is 39.5. The summed E-state index contributed by atoms with van der Waals surface area (Å²) in [5, 5.41) is 8.76. The number of hydrazone groups is 1. The standard InChI is InChI=1S/C43H49N5/c1-7-46(8-2)37-24-20-34(21-25-37)36(29-33-16-12-11-13-17-33)30-41-32(6)43(35-22-26-38(27-23-35)47(9-3)10-4)48(45-41)42-28-31(5)39-18-14-15-19-40(39)44-42/h11-28,30,32,43H,7-10,29H2,1-6H3. The van der Waals surface area contributed by atoms with E-state index in [9.17, 15) is 0 Å². The Labute approximate surface area is 287 Å². The summed E-state index contributed by atoms with van der Waals surface area (Å²) in [6.45, 7) is 17.3. The van der Waals surface area contributed by atoms with Gasteiger partial charge in [-0.1, -0.05) is 79.7 Å². The zero-order valence-electron chi connectivity index (χ0n) is 29.4. The van der Waals surface area contributed by atoms with E-state index in [1.807, 2.05) is 0 Å². The van der Waals surface area contributed by atoms with Gasteiger partial charge in [-0.3, -0.25) is 0 Å². The Morgan fingerprint density at radius 1 is 0.729 bits per heavy atom. The molecule has 0 saturated carbocycles. The molecule has 1 aromatic heterocycles. The number of nitrogens with zero attached hydrogens (tertiary/aromatic N) is 5. The second-order valence-electron chi connectivity index (χ2n) is 12.7. The van der Waals surface area contributed by atoms with E-state index in [0.29, 0.717) is 0 Å². The van der Waals surface area contributed by atoms with Crippen molar-refractivity contribution in [1.29, 1.82) is 0 Å². The molecule has 0 spiro atoms. The Balaban J connectivity index is 1.45. The number of aromatic nitrogens is 1. The van der Waals surface area contributed by atoms with Crippen LogP contribution in [0.1, 0.15) is 62.9 Å². The molecule has 0 aliphatic carbocycles. The topological polar surface area (TPSA) is 35.0 Å². The van der Waals surface area contributed by atoms with Gasteiger partial charge in [0.1, 0.15) is 5.82 Å². The Hall–Kier alpha value is -4.90. The maximum atomic E-state index is 5.41. The van der Waals surface area contributed by atoms with E-state index < -0.39 is 0 Å². The van der Waals surface area contributed by atoms with Crippen molar-refractivity contribution in [3.05, 3.63) is 138 Å². The lowest BCUT2D eigenvalue weighted by atomic mass is 9.88. The summed E-state index contributed by atoms with van der Waals surface area (Å²) in [5.74, 6) is 1.02. The average molecular weight is 636 g/mol. The van der Waals surface area contributed by atoms with E-state index in [1.54, 1.807) is 0 Å². The highest BCUT2D eigenvalue weighted by atomic mass is 15.5. The molecule has 4 aromatic carbocycles. The van der Waals surface area contributed by atoms with Gasteiger partial charge in [0.05, 0.1) is 17.3 Å². The molecule has 246 valence electrons. The number of hydrogen-bond acceptors (Lipinski definition) is 5. The fourth-order valence-corrected chi connectivity index (χ4v) is 7.06. The molecule has 0 fully saturated rings. The maximum absolute atomic E-state index is 5.41. The Morgan fingerprint density at radius 3 is 1.94 bits per heavy atom. The molecule has 2 unspecified atom stereocenters. The first-order chi connectivity index (χ1) is 23.4. The third-order valence-electron chi connectivity index (χ3n) is 9.86. The first kappa shape index (κ1) is 33.0. The normalized spacial score (nSPS) is 16.3. The molecule has 2 atom stereocenters. The summed E-state index contributed by atoms with van der Waals surface area (Å²) in [6.07, 6.45) is 3.17. The fourth-order valence-electron chi connectivity index (χ4n) is 7.06. The van der Waals surface area contributed by atoms with Gasteiger partial charge in [0.2, 0.25) is 0 Å². The number of pyridine rings is 1. The van der Waals surface area contributed by atoms with E-state index in [2.05, 4.69) is 172 Å². The molecular formula is C43H49N5. The second-order valence-corrected chi connectivity index (χ2v) is 12.7. The highest BCUT2D eigenvalue weighted by molar-refractivity contribution is 6.05. The summed E-state index contributed by atoms with van der Waals surface area (Å²) in [4.78, 5) is 9.95. The number of aryl methyl sites for hydroxylation is 1. The van der Waals surface area contributed by atoms with Crippen molar-refractivity contribution in [2.75, 3.05) is 41.0 Å². The van der Waals surface area contributed by atoms with Crippen LogP contribution in [-0.2, 0) is 6.42 Å². The highest BCUT2D eigenvalue weighted by Gasteiger charge is 2.36. The van der Waals surface area contributed by atoms with Crippen molar-refractivity contribution in [2.45, 2.75) is 54.0 Å². The number of allylic oxidation sites excluding steroid dienone is 2. The maximum Gasteiger partial charge on any atom is 0.150 e. The molecule has 6 rings (SSSR count). The van der Waals surface area contributed by atoms with Crippen LogP contribution in [0, 0.1) is 12.8 Å². The molecular weight excluding hydrogens is 587 g/mol. The molecule has 1 aliphatic rings. The van der Waals surface area contributed by atoms with E-state index in [-0.39, 0.29) is 12.0 Å². The predicted octanol–water partition coefficient (Wildman–Crippen LogP) is 10.1. The van der Waals surface area contributed by atoms with Gasteiger partial charge < -0.3 is 9.80 Å². The van der Waals surface area contributed by atoms with Crippen molar-refractivity contribution in [2.24, 2.45) is 11.0 Å². The first-order valence-electron chi connectivity index (χ1n) is 17.6. The number of hydrogen-bond donors (Lipinski definition) is 0. The lowest BCUT2D eigenvalue weighted by Gasteiger charge is -2.28. The first-order valence-corrected chi connectivity index (χ1v) is 17.6. The van der Waals surface area contributed by atoms with Crippen molar-refractivity contribution in [3.8, 4) is 0 Å². The van der Waals surface area contributed by atoms with Crippen molar-refractivity contribution in [3.63, 3.8) is 0 Å². The molecule has 5 nitrogen and oxygen atoms in total. The lowest BCUT2D eigenvalue weighted by molar-refractivity contribution is 0.585. The van der Waals surface area contributed by atoms with E-state index >= 15 is 0 Å². The van der Waals surface area contributed by atoms with E-state index in [0.717, 1.165) is 49.6 Å². The SMILES string of the molecule is CCN(CC)c1ccc(C(=CC2=NN(c3cc(C)c4ccccc4n3)C(c3ccc(N(CC)CC)cc3)C2C)Cc2ccccc2)cc1. The summed E-state index contributed by atoms with van der Waals surface area (Å²) >= 11 is 0. The van der Waals surface area contributed by atoms with Crippen LogP contribution in [0.5, 0.6) is 0 Å². The number of benzene rings is 4. The van der Waals surface area contributed by atoms with Crippen molar-refractivity contribution < 1.29 is 0 Å². The van der Waals surface area contributed by atoms with Crippen molar-refractivity contribution >= 4 is 39.4 Å². The molecule has 5 heteroatoms. The molecule has 5 aromatic rings. The van der Waals surface area contributed by atoms with E-state index in [4.69, 9.17) is 10.1 Å². The van der Waals surface area contributed by atoms with Gasteiger partial charge in [0, 0.05) is 48.9 Å². The number of rotatable bonds is 12. The van der Waals surface area contributed by atoms with Crippen LogP contribution in [0.25, 0.3) is 16.5 Å². The monoisotopic (exact) mass is 635 g/mol. The minimum absolute atomic E-state index is 0.0121. The minimum Gasteiger partial charge on any atom is -0.372 e. The molecule has 0 amide bonds. The molecule has 1 aliphatic heterocycles. The van der Waals surface area contributed by atoms with Crippen LogP contribution < -0.4 is 14.8 Å². The van der Waals surface area contributed by atoms with Crippen LogP contribution in [-0.4, -0.2) is 36.9 Å². The van der Waals surface area contributed by atoms with Gasteiger partial charge in [0.25, 0.3) is 0 Å². The smallest absolute Gasteiger partial charge is 0.150 e. The third-order valence-corrected chi connectivity index (χ3v) is 9.86. The zero-order valence-corrected chi connectivity index (χ0v) is 29.4. The Morgan fingerprint density at radius 2 is 1.31 bits per heavy atom. The lowest BCUT2D eigenvalue weighted by Crippen LogP contribution is -2.25. The van der Waals surface area contributed by atoms with Gasteiger partial charge in [-0.05, 0) is 111 Å². The molecule has 0 saturated heterocycles. The Bertz CT molecular complexity index is 1870. The highest BCUT2D eigenvalue weighted by Crippen LogP contribution is 2.41. The molecule has 0 radical (unpaired) electrons. The predicted molar refractivity (Wildman–Crippen MR) is 206 cm³/mol. The van der Waals surface area contributed by atoms with Crippen LogP contribution in [0.15, 0.2) is 120 Å². The molecule has 0 N–H and O–H groups in total. The van der Waals surface area contributed by atoms with Gasteiger partial charge in [0.15, 0.2) is 0 Å². The Kier molecular flexibility index (Phi) is 10.2. The quantitative estimate of drug-likeness (QED) is 0.137. The van der Waals surface area contributed by atoms with Crippen molar-refractivity contribution in [1.82, 2.24) is 4.98 Å². The van der Waals surface area contributed by atoms with Gasteiger partial charge in [-0.15, -0.1) is 0 Å². The zero-order chi connectivity index (χ0) is 33.6. The van der Waals surface area contributed by atoms with Crippen LogP contribution >= 0.6 is 0 Å².